The van der Waals surface area contributed by atoms with Gasteiger partial charge in [0.25, 0.3) is 0 Å². The summed E-state index contributed by atoms with van der Waals surface area (Å²) in [5.74, 6) is -0.0957. The molecule has 0 bridgehead atoms. The van der Waals surface area contributed by atoms with Gasteiger partial charge in [-0.05, 0) is 11.6 Å². The Kier molecular flexibility index (Phi) is 24.5. The fourth-order valence-electron chi connectivity index (χ4n) is 0. The average Bonchev–Trinajstić information content (AvgIpc) is 1.38. The van der Waals surface area contributed by atoms with Crippen molar-refractivity contribution in [2.24, 2.45) is 0 Å². The molecule has 1 N–H and O–H groups in total. The zero-order chi connectivity index (χ0) is 4.28. The van der Waals surface area contributed by atoms with Gasteiger partial charge in [-0.15, -0.1) is 11.6 Å². The number of hydrogen-bond acceptors (Lipinski definition) is 2. The van der Waals surface area contributed by atoms with Gasteiger partial charge in [0.1, 0.15) is 0 Å². The molecule has 0 fully saturated rings. The van der Waals surface area contributed by atoms with E-state index >= 15 is 0 Å². The van der Waals surface area contributed by atoms with E-state index in [0.29, 0.717) is 0 Å². The van der Waals surface area contributed by atoms with E-state index in [-0.39, 0.29) is 62.7 Å². The molecule has 2 nitrogen and oxygen atoms in total. The average molecular weight is 169 g/mol. The Morgan fingerprint density at radius 1 is 1.57 bits per heavy atom. The van der Waals surface area contributed by atoms with Crippen molar-refractivity contribution >= 4 is 28.4 Å². The summed E-state index contributed by atoms with van der Waals surface area (Å²) in [4.78, 5) is 9.45. The zero-order valence-electron chi connectivity index (χ0n) is 3.82. The number of alkyl halides is 1. The van der Waals surface area contributed by atoms with Gasteiger partial charge >= 0.3 is 51.4 Å². The molecule has 38 valence electrons. The minimum atomic E-state index is -0.508. The van der Waals surface area contributed by atoms with Crippen molar-refractivity contribution in [2.45, 2.75) is 0 Å². The summed E-state index contributed by atoms with van der Waals surface area (Å²) in [6.45, 7) is 0. The van der Waals surface area contributed by atoms with Crippen molar-refractivity contribution in [1.29, 1.82) is 0 Å². The van der Waals surface area contributed by atoms with Crippen LogP contribution in [0.4, 0.5) is 0 Å². The number of hydrogen-bond donors (Lipinski definition) is 0. The largest absolute Gasteiger partial charge is 1.00 e. The maximum Gasteiger partial charge on any atom is 1.00 e. The summed E-state index contributed by atoms with van der Waals surface area (Å²) in [6, 6.07) is 0. The van der Waals surface area contributed by atoms with Crippen LogP contribution >= 0.6 is 23.2 Å². The first-order valence-electron chi connectivity index (χ1n) is 1.01. The summed E-state index contributed by atoms with van der Waals surface area (Å²) in [7, 11) is 0. The summed E-state index contributed by atoms with van der Waals surface area (Å²) in [5.41, 5.74) is 0. The van der Waals surface area contributed by atoms with Crippen LogP contribution in [0.5, 0.6) is 0 Å². The van der Waals surface area contributed by atoms with E-state index in [9.17, 15) is 4.79 Å². The Hall–Kier alpha value is 1.85. The van der Waals surface area contributed by atoms with E-state index in [0.717, 1.165) is 0 Å². The molecule has 0 aromatic carbocycles. The van der Waals surface area contributed by atoms with Crippen molar-refractivity contribution in [3.8, 4) is 0 Å². The quantitative estimate of drug-likeness (QED) is 0.254. The fraction of sp³-hybridized carbons (Fsp3) is 0.500. The van der Waals surface area contributed by atoms with E-state index in [1.165, 1.54) is 0 Å². The molecule has 0 atom stereocenters. The van der Waals surface area contributed by atoms with Gasteiger partial charge in [-0.25, -0.2) is 0 Å². The smallest absolute Gasteiger partial charge is 0.870 e. The Morgan fingerprint density at radius 3 is 1.71 bits per heavy atom. The van der Waals surface area contributed by atoms with E-state index < -0.39 is 5.24 Å². The molecule has 0 saturated heterocycles. The predicted octanol–water partition coefficient (Wildman–Crippen LogP) is -2.18. The van der Waals surface area contributed by atoms with Crippen LogP contribution in [0.25, 0.3) is 0 Å². The van der Waals surface area contributed by atoms with Crippen LogP contribution < -0.4 is 51.4 Å². The van der Waals surface area contributed by atoms with Crippen molar-refractivity contribution < 1.29 is 61.7 Å². The second kappa shape index (κ2) is 10.8. The third kappa shape index (κ3) is 18.1. The van der Waals surface area contributed by atoms with Gasteiger partial charge < -0.3 is 5.48 Å². The number of rotatable bonds is 1. The molecule has 0 spiro atoms. The normalized spacial score (nSPS) is 5.43. The number of halogens is 2. The minimum Gasteiger partial charge on any atom is -0.870 e. The van der Waals surface area contributed by atoms with E-state index in [2.05, 4.69) is 0 Å². The first-order valence-corrected chi connectivity index (χ1v) is 1.93. The molecule has 0 aliphatic carbocycles. The maximum absolute atomic E-state index is 9.45. The van der Waals surface area contributed by atoms with Gasteiger partial charge in [-0.3, -0.25) is 4.79 Å². The Morgan fingerprint density at radius 2 is 1.71 bits per heavy atom. The Labute approximate surface area is 94.3 Å². The molecular weight excluding hydrogens is 166 g/mol. The number of carbonyl (C=O) groups excluding carboxylic acids is 1. The second-order valence-corrected chi connectivity index (χ2v) is 1.18. The third-order valence-electron chi connectivity index (χ3n) is 0.105. The second-order valence-electron chi connectivity index (χ2n) is 0.489. The third-order valence-corrected chi connectivity index (χ3v) is 0.618. The molecule has 0 heterocycles. The first-order chi connectivity index (χ1) is 2.27. The van der Waals surface area contributed by atoms with Crippen molar-refractivity contribution in [3.63, 3.8) is 0 Å². The molecule has 0 unspecified atom stereocenters. The van der Waals surface area contributed by atoms with Crippen molar-refractivity contribution in [3.05, 3.63) is 0 Å². The molecule has 0 aromatic heterocycles. The zero-order valence-corrected chi connectivity index (χ0v) is 8.45. The van der Waals surface area contributed by atoms with Gasteiger partial charge in [0.05, 0.1) is 5.88 Å². The van der Waals surface area contributed by atoms with Crippen LogP contribution in [0.1, 0.15) is 0 Å². The van der Waals surface area contributed by atoms with Crippen LogP contribution in [-0.4, -0.2) is 16.6 Å². The van der Waals surface area contributed by atoms with Crippen molar-refractivity contribution in [1.82, 2.24) is 0 Å². The SMILES string of the molecule is O=C(Cl)CCl.[K+].[OH-]. The van der Waals surface area contributed by atoms with E-state index in [1.807, 2.05) is 0 Å². The molecule has 0 aliphatic rings. The summed E-state index contributed by atoms with van der Waals surface area (Å²) in [6.07, 6.45) is 0. The van der Waals surface area contributed by atoms with Gasteiger partial charge in [-0.1, -0.05) is 0 Å². The van der Waals surface area contributed by atoms with Crippen molar-refractivity contribution in [2.75, 3.05) is 5.88 Å². The van der Waals surface area contributed by atoms with Crippen LogP contribution in [0, 0.1) is 0 Å². The molecule has 0 radical (unpaired) electrons. The van der Waals surface area contributed by atoms with Crippen LogP contribution in [-0.2, 0) is 4.79 Å². The molecule has 0 amide bonds. The summed E-state index contributed by atoms with van der Waals surface area (Å²) < 4.78 is 0. The van der Waals surface area contributed by atoms with E-state index in [1.54, 1.807) is 0 Å². The molecule has 0 aromatic rings. The minimum absolute atomic E-state index is 0. The predicted molar refractivity (Wildman–Crippen MR) is 23.5 cm³/mol. The molecule has 0 rings (SSSR count). The van der Waals surface area contributed by atoms with Crippen LogP contribution in [0.2, 0.25) is 0 Å². The number of carbonyl (C=O) groups is 1. The topological polar surface area (TPSA) is 47.1 Å². The van der Waals surface area contributed by atoms with Gasteiger partial charge in [0.2, 0.25) is 5.24 Å². The first kappa shape index (κ1) is 15.9. The van der Waals surface area contributed by atoms with Crippen LogP contribution in [0.15, 0.2) is 0 Å². The van der Waals surface area contributed by atoms with E-state index in [4.69, 9.17) is 23.2 Å². The maximum atomic E-state index is 9.45. The summed E-state index contributed by atoms with van der Waals surface area (Å²) in [5, 5.41) is -0.508. The summed E-state index contributed by atoms with van der Waals surface area (Å²) >= 11 is 9.55. The monoisotopic (exact) mass is 168 g/mol. The Bertz CT molecular complexity index is 49.0. The molecule has 7 heavy (non-hydrogen) atoms. The van der Waals surface area contributed by atoms with Crippen LogP contribution in [0.3, 0.4) is 0 Å². The molecule has 5 heteroatoms. The Balaban J connectivity index is -0.0000000800. The fourth-order valence-corrected chi connectivity index (χ4v) is 0. The van der Waals surface area contributed by atoms with Gasteiger partial charge in [0, 0.05) is 0 Å². The molecular formula is C2H3Cl2KO2. The standard InChI is InChI=1S/C2H2Cl2O.K.H2O/c3-1-2(4)5;;/h1H2;;1H2/q;+1;/p-1. The molecule has 0 saturated carbocycles. The molecule has 0 aliphatic heterocycles. The van der Waals surface area contributed by atoms with Gasteiger partial charge in [0.15, 0.2) is 0 Å². The van der Waals surface area contributed by atoms with Gasteiger partial charge in [-0.2, -0.15) is 0 Å².